The molecule has 0 N–H and O–H groups in total. The van der Waals surface area contributed by atoms with Crippen LogP contribution in [0.4, 0.5) is 0 Å². The Morgan fingerprint density at radius 2 is 1.50 bits per heavy atom. The third-order valence-corrected chi connectivity index (χ3v) is 2.91. The first kappa shape index (κ1) is 16.5. The van der Waals surface area contributed by atoms with Crippen LogP contribution in [0, 0.1) is 5.92 Å². The SMILES string of the molecule is C=C(C)C(C)C(C)S.CCCCCC. The molecule has 0 amide bonds. The average Bonchev–Trinajstić information content (AvgIpc) is 2.14. The van der Waals surface area contributed by atoms with Crippen LogP contribution in [-0.2, 0) is 0 Å². The lowest BCUT2D eigenvalue weighted by Crippen LogP contribution is -2.06. The summed E-state index contributed by atoms with van der Waals surface area (Å²) in [7, 11) is 0. The Labute approximate surface area is 96.6 Å². The van der Waals surface area contributed by atoms with Gasteiger partial charge in [0.2, 0.25) is 0 Å². The highest BCUT2D eigenvalue weighted by molar-refractivity contribution is 7.80. The zero-order valence-electron chi connectivity index (χ0n) is 10.6. The van der Waals surface area contributed by atoms with Gasteiger partial charge in [0, 0.05) is 5.25 Å². The van der Waals surface area contributed by atoms with E-state index in [0.29, 0.717) is 11.2 Å². The molecule has 0 aliphatic heterocycles. The Bertz CT molecular complexity index is 123. The van der Waals surface area contributed by atoms with Crippen LogP contribution in [0.2, 0.25) is 0 Å². The molecule has 2 unspecified atom stereocenters. The van der Waals surface area contributed by atoms with Gasteiger partial charge in [-0.2, -0.15) is 12.6 Å². The van der Waals surface area contributed by atoms with Gasteiger partial charge in [-0.25, -0.2) is 0 Å². The fourth-order valence-corrected chi connectivity index (χ4v) is 1.17. The highest BCUT2D eigenvalue weighted by Gasteiger charge is 2.06. The Balaban J connectivity index is 0. The van der Waals surface area contributed by atoms with Crippen molar-refractivity contribution in [1.29, 1.82) is 0 Å². The maximum atomic E-state index is 4.27. The predicted molar refractivity (Wildman–Crippen MR) is 72.2 cm³/mol. The minimum atomic E-state index is 0.437. The zero-order chi connectivity index (χ0) is 11.6. The molecule has 0 rings (SSSR count). The third kappa shape index (κ3) is 12.1. The van der Waals surface area contributed by atoms with E-state index in [-0.39, 0.29) is 0 Å². The molecule has 0 bridgehead atoms. The van der Waals surface area contributed by atoms with Gasteiger partial charge in [-0.3, -0.25) is 0 Å². The molecule has 14 heavy (non-hydrogen) atoms. The van der Waals surface area contributed by atoms with E-state index in [0.717, 1.165) is 0 Å². The van der Waals surface area contributed by atoms with Gasteiger partial charge in [0.25, 0.3) is 0 Å². The highest BCUT2D eigenvalue weighted by Crippen LogP contribution is 2.15. The molecule has 0 radical (unpaired) electrons. The van der Waals surface area contributed by atoms with Crippen molar-refractivity contribution in [3.63, 3.8) is 0 Å². The normalized spacial score (nSPS) is 13.9. The number of thiol groups is 1. The van der Waals surface area contributed by atoms with E-state index < -0.39 is 0 Å². The molecule has 0 saturated carbocycles. The summed E-state index contributed by atoms with van der Waals surface area (Å²) in [5.41, 5.74) is 1.22. The third-order valence-electron chi connectivity index (χ3n) is 2.46. The van der Waals surface area contributed by atoms with Crippen molar-refractivity contribution in [3.05, 3.63) is 12.2 Å². The van der Waals surface area contributed by atoms with Crippen molar-refractivity contribution in [2.24, 2.45) is 5.92 Å². The molecule has 0 fully saturated rings. The van der Waals surface area contributed by atoms with Gasteiger partial charge in [0.05, 0.1) is 0 Å². The van der Waals surface area contributed by atoms with Gasteiger partial charge in [0.15, 0.2) is 0 Å². The smallest absolute Gasteiger partial charge is 0.00511 e. The lowest BCUT2D eigenvalue weighted by Gasteiger charge is -2.13. The summed E-state index contributed by atoms with van der Waals surface area (Å²) in [6.45, 7) is 14.6. The van der Waals surface area contributed by atoms with Gasteiger partial charge in [0.1, 0.15) is 0 Å². The van der Waals surface area contributed by atoms with Gasteiger partial charge >= 0.3 is 0 Å². The molecule has 0 aliphatic rings. The van der Waals surface area contributed by atoms with Crippen molar-refractivity contribution in [1.82, 2.24) is 0 Å². The molecule has 2 atom stereocenters. The summed E-state index contributed by atoms with van der Waals surface area (Å²) in [6.07, 6.45) is 5.54. The first-order chi connectivity index (χ1) is 6.47. The first-order valence-corrected chi connectivity index (χ1v) is 6.32. The fraction of sp³-hybridized carbons (Fsp3) is 0.846. The predicted octanol–water partition coefficient (Wildman–Crippen LogP) is 5.10. The molecule has 0 spiro atoms. The summed E-state index contributed by atoms with van der Waals surface area (Å²) in [5, 5.41) is 0.437. The maximum Gasteiger partial charge on any atom is 0.00511 e. The van der Waals surface area contributed by atoms with Crippen molar-refractivity contribution in [2.75, 3.05) is 0 Å². The minimum absolute atomic E-state index is 0.437. The van der Waals surface area contributed by atoms with E-state index in [1.54, 1.807) is 0 Å². The summed E-state index contributed by atoms with van der Waals surface area (Å²) in [5.74, 6) is 0.540. The Morgan fingerprint density at radius 3 is 1.57 bits per heavy atom. The van der Waals surface area contributed by atoms with Gasteiger partial charge in [-0.15, -0.1) is 0 Å². The molecular formula is C13H28S. The maximum absolute atomic E-state index is 4.27. The van der Waals surface area contributed by atoms with Crippen LogP contribution in [0.15, 0.2) is 12.2 Å². The average molecular weight is 216 g/mol. The van der Waals surface area contributed by atoms with Crippen LogP contribution >= 0.6 is 12.6 Å². The summed E-state index contributed by atoms with van der Waals surface area (Å²) in [6, 6.07) is 0. The van der Waals surface area contributed by atoms with Crippen LogP contribution < -0.4 is 0 Å². The molecule has 0 heterocycles. The van der Waals surface area contributed by atoms with Crippen LogP contribution in [0.1, 0.15) is 60.3 Å². The Morgan fingerprint density at radius 1 is 1.14 bits per heavy atom. The lowest BCUT2D eigenvalue weighted by molar-refractivity contribution is 0.678. The monoisotopic (exact) mass is 216 g/mol. The van der Waals surface area contributed by atoms with E-state index in [2.05, 4.69) is 46.9 Å². The number of hydrogen-bond donors (Lipinski definition) is 1. The van der Waals surface area contributed by atoms with E-state index in [1.807, 2.05) is 6.92 Å². The Kier molecular flexibility index (Phi) is 13.2. The number of unbranched alkanes of at least 4 members (excludes halogenated alkanes) is 3. The molecule has 0 aromatic rings. The standard InChI is InChI=1S/C7H14S.C6H14/c1-5(2)6(3)7(4)8;1-3-5-6-4-2/h6-8H,1H2,2-4H3;3-6H2,1-2H3. The highest BCUT2D eigenvalue weighted by atomic mass is 32.1. The second-order valence-corrected chi connectivity index (χ2v) is 4.90. The van der Waals surface area contributed by atoms with Crippen LogP contribution in [0.5, 0.6) is 0 Å². The second-order valence-electron chi connectivity index (χ2n) is 4.08. The van der Waals surface area contributed by atoms with Gasteiger partial charge in [-0.1, -0.05) is 65.5 Å². The summed E-state index contributed by atoms with van der Waals surface area (Å²) < 4.78 is 0. The number of allylic oxidation sites excluding steroid dienone is 1. The lowest BCUT2D eigenvalue weighted by atomic mass is 10.0. The van der Waals surface area contributed by atoms with Crippen LogP contribution in [0.3, 0.4) is 0 Å². The molecule has 0 aliphatic carbocycles. The van der Waals surface area contributed by atoms with E-state index in [4.69, 9.17) is 0 Å². The second kappa shape index (κ2) is 11.2. The van der Waals surface area contributed by atoms with Crippen molar-refractivity contribution in [2.45, 2.75) is 65.6 Å². The van der Waals surface area contributed by atoms with Crippen LogP contribution in [-0.4, -0.2) is 5.25 Å². The first-order valence-electron chi connectivity index (χ1n) is 5.80. The summed E-state index contributed by atoms with van der Waals surface area (Å²) >= 11 is 4.27. The molecule has 0 aromatic heterocycles. The number of hydrogen-bond acceptors (Lipinski definition) is 1. The largest absolute Gasteiger partial charge is 0.176 e. The molecule has 0 nitrogen and oxygen atoms in total. The molecule has 0 saturated heterocycles. The summed E-state index contributed by atoms with van der Waals surface area (Å²) in [4.78, 5) is 0. The Hall–Kier alpha value is 0.0900. The fourth-order valence-electron chi connectivity index (χ4n) is 0.912. The van der Waals surface area contributed by atoms with E-state index in [1.165, 1.54) is 31.3 Å². The molecule has 86 valence electrons. The van der Waals surface area contributed by atoms with Gasteiger partial charge < -0.3 is 0 Å². The van der Waals surface area contributed by atoms with Gasteiger partial charge in [-0.05, 0) is 12.8 Å². The van der Waals surface area contributed by atoms with Crippen molar-refractivity contribution in [3.8, 4) is 0 Å². The molecule has 1 heteroatoms. The molecular weight excluding hydrogens is 188 g/mol. The molecule has 0 aromatic carbocycles. The minimum Gasteiger partial charge on any atom is -0.176 e. The van der Waals surface area contributed by atoms with E-state index >= 15 is 0 Å². The van der Waals surface area contributed by atoms with Crippen molar-refractivity contribution >= 4 is 12.6 Å². The number of rotatable bonds is 5. The zero-order valence-corrected chi connectivity index (χ0v) is 11.5. The van der Waals surface area contributed by atoms with E-state index in [9.17, 15) is 0 Å². The topological polar surface area (TPSA) is 0 Å². The van der Waals surface area contributed by atoms with Crippen LogP contribution in [0.25, 0.3) is 0 Å². The quantitative estimate of drug-likeness (QED) is 0.369. The van der Waals surface area contributed by atoms with Crippen molar-refractivity contribution < 1.29 is 0 Å².